The Morgan fingerprint density at radius 2 is 1.86 bits per heavy atom. The van der Waals surface area contributed by atoms with Gasteiger partial charge in [0.25, 0.3) is 0 Å². The van der Waals surface area contributed by atoms with Gasteiger partial charge in [-0.05, 0) is 54.3 Å². The van der Waals surface area contributed by atoms with Gasteiger partial charge in [0, 0.05) is 20.0 Å². The summed E-state index contributed by atoms with van der Waals surface area (Å²) < 4.78 is 0. The Bertz CT molecular complexity index is 647. The predicted octanol–water partition coefficient (Wildman–Crippen LogP) is 3.19. The van der Waals surface area contributed by atoms with Gasteiger partial charge in [-0.25, -0.2) is 0 Å². The van der Waals surface area contributed by atoms with E-state index in [1.54, 1.807) is 0 Å². The molecule has 3 heteroatoms. The average Bonchev–Trinajstić information content (AvgIpc) is 2.55. The monoisotopic (exact) mass is 296 g/mol. The van der Waals surface area contributed by atoms with Crippen molar-refractivity contribution in [1.82, 2.24) is 10.2 Å². The lowest BCUT2D eigenvalue weighted by atomic mass is 9.94. The fourth-order valence-electron chi connectivity index (χ4n) is 3.19. The molecule has 1 amide bonds. The molecule has 22 heavy (non-hydrogen) atoms. The first kappa shape index (κ1) is 15.0. The van der Waals surface area contributed by atoms with Gasteiger partial charge in [0.1, 0.15) is 0 Å². The standard InChI is InChI=1S/C19H24N2O/c1-21(19(22)13-15-8-10-20-11-9-15)14-16-6-7-17-4-2-3-5-18(17)12-16/h2-7,12,15,20H,8-11,13-14H2,1H3. The van der Waals surface area contributed by atoms with Crippen molar-refractivity contribution in [3.63, 3.8) is 0 Å². The van der Waals surface area contributed by atoms with E-state index in [9.17, 15) is 4.79 Å². The second kappa shape index (κ2) is 6.93. The molecule has 1 heterocycles. The topological polar surface area (TPSA) is 32.3 Å². The highest BCUT2D eigenvalue weighted by molar-refractivity contribution is 5.83. The molecule has 0 unspecified atom stereocenters. The van der Waals surface area contributed by atoms with Crippen LogP contribution >= 0.6 is 0 Å². The van der Waals surface area contributed by atoms with Crippen LogP contribution in [-0.4, -0.2) is 30.9 Å². The summed E-state index contributed by atoms with van der Waals surface area (Å²) >= 11 is 0. The Morgan fingerprint density at radius 1 is 1.14 bits per heavy atom. The van der Waals surface area contributed by atoms with Crippen LogP contribution in [0.4, 0.5) is 0 Å². The van der Waals surface area contributed by atoms with Crippen LogP contribution in [0.2, 0.25) is 0 Å². The Morgan fingerprint density at radius 3 is 2.64 bits per heavy atom. The van der Waals surface area contributed by atoms with Crippen LogP contribution < -0.4 is 5.32 Å². The van der Waals surface area contributed by atoms with Crippen molar-refractivity contribution in [3.05, 3.63) is 48.0 Å². The number of amides is 1. The molecule has 3 nitrogen and oxygen atoms in total. The normalized spacial score (nSPS) is 15.9. The van der Waals surface area contributed by atoms with Gasteiger partial charge in [0.05, 0.1) is 0 Å². The number of carbonyl (C=O) groups is 1. The fraction of sp³-hybridized carbons (Fsp3) is 0.421. The molecule has 0 saturated carbocycles. The van der Waals surface area contributed by atoms with Crippen molar-refractivity contribution in [1.29, 1.82) is 0 Å². The summed E-state index contributed by atoms with van der Waals surface area (Å²) in [7, 11) is 1.92. The smallest absolute Gasteiger partial charge is 0.222 e. The van der Waals surface area contributed by atoms with Gasteiger partial charge in [-0.15, -0.1) is 0 Å². The van der Waals surface area contributed by atoms with Crippen molar-refractivity contribution in [3.8, 4) is 0 Å². The zero-order valence-electron chi connectivity index (χ0n) is 13.2. The Hall–Kier alpha value is -1.87. The quantitative estimate of drug-likeness (QED) is 0.940. The summed E-state index contributed by atoms with van der Waals surface area (Å²) in [4.78, 5) is 14.3. The van der Waals surface area contributed by atoms with Gasteiger partial charge in [-0.3, -0.25) is 4.79 Å². The average molecular weight is 296 g/mol. The van der Waals surface area contributed by atoms with Gasteiger partial charge in [-0.1, -0.05) is 36.4 Å². The van der Waals surface area contributed by atoms with E-state index in [0.29, 0.717) is 18.9 Å². The minimum absolute atomic E-state index is 0.264. The van der Waals surface area contributed by atoms with E-state index in [-0.39, 0.29) is 5.91 Å². The number of piperidine rings is 1. The van der Waals surface area contributed by atoms with Crippen molar-refractivity contribution in [2.45, 2.75) is 25.8 Å². The molecule has 0 bridgehead atoms. The molecule has 1 aliphatic rings. The highest BCUT2D eigenvalue weighted by Gasteiger charge is 2.19. The number of carbonyl (C=O) groups excluding carboxylic acids is 1. The second-order valence-corrected chi connectivity index (χ2v) is 6.33. The number of nitrogens with one attached hydrogen (secondary N) is 1. The maximum absolute atomic E-state index is 12.4. The lowest BCUT2D eigenvalue weighted by Gasteiger charge is -2.25. The fourth-order valence-corrected chi connectivity index (χ4v) is 3.19. The summed E-state index contributed by atoms with van der Waals surface area (Å²) in [6.45, 7) is 2.79. The zero-order valence-corrected chi connectivity index (χ0v) is 13.2. The van der Waals surface area contributed by atoms with Crippen molar-refractivity contribution in [2.75, 3.05) is 20.1 Å². The Kier molecular flexibility index (Phi) is 4.74. The third-order valence-electron chi connectivity index (χ3n) is 4.58. The Labute approximate surface area is 132 Å². The second-order valence-electron chi connectivity index (χ2n) is 6.33. The zero-order chi connectivity index (χ0) is 15.4. The number of hydrogen-bond acceptors (Lipinski definition) is 2. The molecule has 0 aromatic heterocycles. The summed E-state index contributed by atoms with van der Waals surface area (Å²) in [5.74, 6) is 0.813. The van der Waals surface area contributed by atoms with E-state index >= 15 is 0 Å². The van der Waals surface area contributed by atoms with Crippen LogP contribution in [0, 0.1) is 5.92 Å². The maximum atomic E-state index is 12.4. The van der Waals surface area contributed by atoms with Crippen molar-refractivity contribution < 1.29 is 4.79 Å². The molecular formula is C19H24N2O. The third kappa shape index (κ3) is 3.66. The predicted molar refractivity (Wildman–Crippen MR) is 90.6 cm³/mol. The molecule has 116 valence electrons. The molecule has 0 spiro atoms. The van der Waals surface area contributed by atoms with E-state index in [1.165, 1.54) is 16.3 Å². The van der Waals surface area contributed by atoms with E-state index in [1.807, 2.05) is 11.9 Å². The summed E-state index contributed by atoms with van der Waals surface area (Å²) in [6, 6.07) is 14.8. The van der Waals surface area contributed by atoms with Crippen LogP contribution in [0.25, 0.3) is 10.8 Å². The van der Waals surface area contributed by atoms with Crippen molar-refractivity contribution >= 4 is 16.7 Å². The molecule has 1 fully saturated rings. The van der Waals surface area contributed by atoms with Crippen LogP contribution in [-0.2, 0) is 11.3 Å². The van der Waals surface area contributed by atoms with Crippen LogP contribution in [0.1, 0.15) is 24.8 Å². The maximum Gasteiger partial charge on any atom is 0.222 e. The highest BCUT2D eigenvalue weighted by atomic mass is 16.2. The van der Waals surface area contributed by atoms with E-state index in [4.69, 9.17) is 0 Å². The molecule has 0 aliphatic carbocycles. The third-order valence-corrected chi connectivity index (χ3v) is 4.58. The molecule has 2 aromatic carbocycles. The lowest BCUT2D eigenvalue weighted by Crippen LogP contribution is -2.33. The largest absolute Gasteiger partial charge is 0.341 e. The van der Waals surface area contributed by atoms with Gasteiger partial charge in [0.2, 0.25) is 5.91 Å². The number of nitrogens with zero attached hydrogens (tertiary/aromatic N) is 1. The molecule has 0 atom stereocenters. The number of rotatable bonds is 4. The first-order chi connectivity index (χ1) is 10.7. The summed E-state index contributed by atoms with van der Waals surface area (Å²) in [5, 5.41) is 5.83. The Balaban J connectivity index is 1.61. The van der Waals surface area contributed by atoms with Crippen molar-refractivity contribution in [2.24, 2.45) is 5.92 Å². The van der Waals surface area contributed by atoms with E-state index < -0.39 is 0 Å². The molecule has 1 saturated heterocycles. The van der Waals surface area contributed by atoms with Crippen LogP contribution in [0.15, 0.2) is 42.5 Å². The van der Waals surface area contributed by atoms with E-state index in [2.05, 4.69) is 47.8 Å². The minimum Gasteiger partial charge on any atom is -0.341 e. The number of benzene rings is 2. The van der Waals surface area contributed by atoms with E-state index in [0.717, 1.165) is 25.9 Å². The first-order valence-electron chi connectivity index (χ1n) is 8.15. The first-order valence-corrected chi connectivity index (χ1v) is 8.15. The summed E-state index contributed by atoms with van der Waals surface area (Å²) in [6.07, 6.45) is 2.93. The highest BCUT2D eigenvalue weighted by Crippen LogP contribution is 2.19. The molecule has 1 N–H and O–H groups in total. The van der Waals surface area contributed by atoms with Gasteiger partial charge in [0.15, 0.2) is 0 Å². The van der Waals surface area contributed by atoms with Gasteiger partial charge in [-0.2, -0.15) is 0 Å². The minimum atomic E-state index is 0.264. The molecule has 3 rings (SSSR count). The van der Waals surface area contributed by atoms with Gasteiger partial charge < -0.3 is 10.2 Å². The molecule has 1 aliphatic heterocycles. The number of fused-ring (bicyclic) bond motifs is 1. The summed E-state index contributed by atoms with van der Waals surface area (Å²) in [5.41, 5.74) is 1.19. The molecule has 2 aromatic rings. The van der Waals surface area contributed by atoms with Crippen LogP contribution in [0.5, 0.6) is 0 Å². The number of hydrogen-bond donors (Lipinski definition) is 1. The molecule has 0 radical (unpaired) electrons. The van der Waals surface area contributed by atoms with Crippen LogP contribution in [0.3, 0.4) is 0 Å². The lowest BCUT2D eigenvalue weighted by molar-refractivity contribution is -0.131. The SMILES string of the molecule is CN(Cc1ccc2ccccc2c1)C(=O)CC1CCNCC1. The molecular weight excluding hydrogens is 272 g/mol. The van der Waals surface area contributed by atoms with Gasteiger partial charge >= 0.3 is 0 Å².